The van der Waals surface area contributed by atoms with Crippen molar-refractivity contribution < 1.29 is 24.2 Å². The molecule has 0 aromatic heterocycles. The Labute approximate surface area is 135 Å². The molecular formula is C14H12ClNO5S. The molecule has 8 heteroatoms. The Morgan fingerprint density at radius 1 is 1.45 bits per heavy atom. The largest absolute Gasteiger partial charge is 0.506 e. The van der Waals surface area contributed by atoms with Gasteiger partial charge in [0.1, 0.15) is 11.8 Å². The fourth-order valence-electron chi connectivity index (χ4n) is 1.85. The molecule has 0 saturated carbocycles. The van der Waals surface area contributed by atoms with E-state index in [0.717, 1.165) is 16.7 Å². The first-order chi connectivity index (χ1) is 10.3. The summed E-state index contributed by atoms with van der Waals surface area (Å²) in [5, 5.41) is 8.96. The Morgan fingerprint density at radius 3 is 2.73 bits per heavy atom. The maximum absolute atomic E-state index is 12.3. The van der Waals surface area contributed by atoms with Crippen LogP contribution in [-0.4, -0.2) is 40.3 Å². The molecule has 1 atom stereocenters. The van der Waals surface area contributed by atoms with Gasteiger partial charge in [-0.3, -0.25) is 14.5 Å². The number of thioether (sulfide) groups is 1. The first kappa shape index (κ1) is 16.4. The van der Waals surface area contributed by atoms with Crippen molar-refractivity contribution in [3.05, 3.63) is 33.7 Å². The molecule has 1 aromatic rings. The zero-order valence-electron chi connectivity index (χ0n) is 11.7. The normalized spacial score (nSPS) is 18.0. The molecule has 1 aliphatic heterocycles. The van der Waals surface area contributed by atoms with E-state index in [4.69, 9.17) is 11.6 Å². The fourth-order valence-corrected chi connectivity index (χ4v) is 2.95. The smallest absolute Gasteiger partial charge is 0.328 e. The third-order valence-corrected chi connectivity index (χ3v) is 4.21. The van der Waals surface area contributed by atoms with Crippen LogP contribution in [0.3, 0.4) is 0 Å². The molecule has 2 rings (SSSR count). The number of ether oxygens (including phenoxy) is 1. The van der Waals surface area contributed by atoms with E-state index in [0.29, 0.717) is 5.56 Å². The van der Waals surface area contributed by atoms with E-state index in [9.17, 15) is 19.5 Å². The average Bonchev–Trinajstić information content (AvgIpc) is 2.75. The lowest BCUT2D eigenvalue weighted by molar-refractivity contribution is -0.148. The van der Waals surface area contributed by atoms with E-state index < -0.39 is 23.2 Å². The number of hydrogen-bond donors (Lipinski definition) is 1. The summed E-state index contributed by atoms with van der Waals surface area (Å²) in [5.74, 6) is -1.32. The van der Waals surface area contributed by atoms with Gasteiger partial charge in [-0.15, -0.1) is 0 Å². The lowest BCUT2D eigenvalue weighted by atomic mass is 10.2. The lowest BCUT2D eigenvalue weighted by Crippen LogP contribution is -2.42. The van der Waals surface area contributed by atoms with Crippen molar-refractivity contribution in [1.82, 2.24) is 4.90 Å². The highest BCUT2D eigenvalue weighted by molar-refractivity contribution is 8.18. The quantitative estimate of drug-likeness (QED) is 0.672. The van der Waals surface area contributed by atoms with E-state index in [2.05, 4.69) is 4.74 Å². The van der Waals surface area contributed by atoms with E-state index in [-0.39, 0.29) is 15.7 Å². The van der Waals surface area contributed by atoms with Gasteiger partial charge in [0.2, 0.25) is 0 Å². The van der Waals surface area contributed by atoms with Crippen LogP contribution in [0.5, 0.6) is 5.75 Å². The minimum Gasteiger partial charge on any atom is -0.506 e. The fraction of sp³-hybridized carbons (Fsp3) is 0.214. The second-order valence-corrected chi connectivity index (χ2v) is 5.86. The van der Waals surface area contributed by atoms with Gasteiger partial charge in [-0.2, -0.15) is 0 Å². The number of methoxy groups -OCH3 is 1. The van der Waals surface area contributed by atoms with Gasteiger partial charge in [0.25, 0.3) is 11.1 Å². The van der Waals surface area contributed by atoms with Crippen LogP contribution >= 0.6 is 23.4 Å². The van der Waals surface area contributed by atoms with Gasteiger partial charge in [0, 0.05) is 0 Å². The number of hydrogen-bond acceptors (Lipinski definition) is 6. The van der Waals surface area contributed by atoms with Gasteiger partial charge in [-0.05, 0) is 42.5 Å². The van der Waals surface area contributed by atoms with Crippen molar-refractivity contribution in [1.29, 1.82) is 0 Å². The third kappa shape index (κ3) is 3.10. The molecule has 2 amide bonds. The SMILES string of the molecule is COC(=O)C(C)N1C(=O)SC(=Cc2ccc(O)c(Cl)c2)C1=O. The molecule has 22 heavy (non-hydrogen) atoms. The zero-order chi connectivity index (χ0) is 16.4. The van der Waals surface area contributed by atoms with Gasteiger partial charge < -0.3 is 9.84 Å². The number of rotatable bonds is 3. The molecule has 0 bridgehead atoms. The first-order valence-corrected chi connectivity index (χ1v) is 7.38. The summed E-state index contributed by atoms with van der Waals surface area (Å²) in [5.41, 5.74) is 0.555. The summed E-state index contributed by atoms with van der Waals surface area (Å²) in [7, 11) is 1.19. The number of phenols is 1. The molecule has 1 heterocycles. The molecule has 1 unspecified atom stereocenters. The monoisotopic (exact) mass is 341 g/mol. The molecule has 0 radical (unpaired) electrons. The van der Waals surface area contributed by atoms with Gasteiger partial charge in [-0.1, -0.05) is 17.7 Å². The third-order valence-electron chi connectivity index (χ3n) is 3.02. The summed E-state index contributed by atoms with van der Waals surface area (Å²) >= 11 is 6.52. The number of esters is 1. The molecule has 6 nitrogen and oxygen atoms in total. The van der Waals surface area contributed by atoms with Crippen molar-refractivity contribution >= 4 is 46.6 Å². The van der Waals surface area contributed by atoms with Gasteiger partial charge in [-0.25, -0.2) is 4.79 Å². The van der Waals surface area contributed by atoms with E-state index in [1.165, 1.54) is 32.2 Å². The van der Waals surface area contributed by atoms with Crippen LogP contribution in [0, 0.1) is 0 Å². The van der Waals surface area contributed by atoms with Crippen molar-refractivity contribution in [2.24, 2.45) is 0 Å². The first-order valence-electron chi connectivity index (χ1n) is 6.18. The van der Waals surface area contributed by atoms with Gasteiger partial charge in [0.05, 0.1) is 17.0 Å². The summed E-state index contributed by atoms with van der Waals surface area (Å²) in [6.45, 7) is 1.42. The second kappa shape index (κ2) is 6.41. The summed E-state index contributed by atoms with van der Waals surface area (Å²) < 4.78 is 4.54. The maximum atomic E-state index is 12.3. The predicted octanol–water partition coefficient (Wildman–Crippen LogP) is 2.64. The highest BCUT2D eigenvalue weighted by Gasteiger charge is 2.41. The number of nitrogens with zero attached hydrogens (tertiary/aromatic N) is 1. The van der Waals surface area contributed by atoms with Crippen LogP contribution in [0.1, 0.15) is 12.5 Å². The number of amides is 2. The number of benzene rings is 1. The Kier molecular flexibility index (Phi) is 4.77. The lowest BCUT2D eigenvalue weighted by Gasteiger charge is -2.18. The van der Waals surface area contributed by atoms with Crippen molar-refractivity contribution in [3.8, 4) is 5.75 Å². The molecule has 1 N–H and O–H groups in total. The Morgan fingerprint density at radius 2 is 2.14 bits per heavy atom. The summed E-state index contributed by atoms with van der Waals surface area (Å²) in [6, 6.07) is 3.41. The van der Waals surface area contributed by atoms with E-state index in [1.807, 2.05) is 0 Å². The van der Waals surface area contributed by atoms with E-state index >= 15 is 0 Å². The number of carbonyl (C=O) groups is 3. The van der Waals surface area contributed by atoms with Gasteiger partial charge in [0.15, 0.2) is 0 Å². The maximum Gasteiger partial charge on any atom is 0.328 e. The van der Waals surface area contributed by atoms with Crippen molar-refractivity contribution in [2.45, 2.75) is 13.0 Å². The summed E-state index contributed by atoms with van der Waals surface area (Å²) in [6.07, 6.45) is 1.47. The van der Waals surface area contributed by atoms with E-state index in [1.54, 1.807) is 6.07 Å². The minimum absolute atomic E-state index is 0.0776. The van der Waals surface area contributed by atoms with Gasteiger partial charge >= 0.3 is 5.97 Å². The standard InChI is InChI=1S/C14H12ClNO5S/c1-7(13(19)21-2)16-12(18)11(22-14(16)20)6-8-3-4-10(17)9(15)5-8/h3-7,17H,1-2H3. The number of carbonyl (C=O) groups excluding carboxylic acids is 3. The number of halogens is 1. The van der Waals surface area contributed by atoms with Crippen molar-refractivity contribution in [2.75, 3.05) is 7.11 Å². The number of phenolic OH excluding ortho intramolecular Hbond substituents is 1. The number of imide groups is 1. The highest BCUT2D eigenvalue weighted by Crippen LogP contribution is 2.34. The van der Waals surface area contributed by atoms with Crippen LogP contribution in [-0.2, 0) is 14.3 Å². The topological polar surface area (TPSA) is 83.9 Å². The molecular weight excluding hydrogens is 330 g/mol. The molecule has 0 aliphatic carbocycles. The Hall–Kier alpha value is -1.99. The number of aromatic hydroxyl groups is 1. The summed E-state index contributed by atoms with van der Waals surface area (Å²) in [4.78, 5) is 36.7. The molecule has 116 valence electrons. The Bertz CT molecular complexity index is 688. The molecule has 1 saturated heterocycles. The Balaban J connectivity index is 2.29. The van der Waals surface area contributed by atoms with Crippen LogP contribution < -0.4 is 0 Å². The molecule has 1 aromatic carbocycles. The molecule has 1 fully saturated rings. The second-order valence-electron chi connectivity index (χ2n) is 4.46. The van der Waals surface area contributed by atoms with Crippen LogP contribution in [0.4, 0.5) is 4.79 Å². The van der Waals surface area contributed by atoms with Crippen LogP contribution in [0.2, 0.25) is 5.02 Å². The average molecular weight is 342 g/mol. The predicted molar refractivity (Wildman–Crippen MR) is 82.4 cm³/mol. The van der Waals surface area contributed by atoms with Crippen LogP contribution in [0.25, 0.3) is 6.08 Å². The minimum atomic E-state index is -0.994. The molecule has 0 spiro atoms. The van der Waals surface area contributed by atoms with Crippen LogP contribution in [0.15, 0.2) is 23.1 Å². The highest BCUT2D eigenvalue weighted by atomic mass is 35.5. The van der Waals surface area contributed by atoms with Crippen molar-refractivity contribution in [3.63, 3.8) is 0 Å². The zero-order valence-corrected chi connectivity index (χ0v) is 13.3. The molecule has 1 aliphatic rings.